The molecule has 20 heavy (non-hydrogen) atoms. The molecule has 1 aromatic heterocycles. The standard InChI is InChI=1S/C13H20N4S3/c1-3-13(9-14,15-10-5-6-10)7-4-8-19-12-17-16-11(18-2)20-12/h10,15H,3-8H2,1-2H3. The Morgan fingerprint density at radius 3 is 2.75 bits per heavy atom. The first-order chi connectivity index (χ1) is 9.71. The Morgan fingerprint density at radius 2 is 2.20 bits per heavy atom. The first kappa shape index (κ1) is 16.1. The zero-order chi connectivity index (χ0) is 14.4. The molecule has 1 aliphatic carbocycles. The number of aromatic nitrogens is 2. The van der Waals surface area contributed by atoms with Crippen LogP contribution in [0.25, 0.3) is 0 Å². The van der Waals surface area contributed by atoms with Gasteiger partial charge in [-0.05, 0) is 38.4 Å². The molecule has 0 aromatic carbocycles. The Bertz CT molecular complexity index is 466. The number of hydrogen-bond donors (Lipinski definition) is 1. The largest absolute Gasteiger partial charge is 0.297 e. The van der Waals surface area contributed by atoms with Crippen molar-refractivity contribution in [2.75, 3.05) is 12.0 Å². The Labute approximate surface area is 133 Å². The second-order valence-electron chi connectivity index (χ2n) is 4.96. The predicted molar refractivity (Wildman–Crippen MR) is 86.4 cm³/mol. The van der Waals surface area contributed by atoms with Crippen LogP contribution in [0.4, 0.5) is 0 Å². The van der Waals surface area contributed by atoms with Gasteiger partial charge in [-0.3, -0.25) is 5.32 Å². The van der Waals surface area contributed by atoms with Gasteiger partial charge in [-0.25, -0.2) is 0 Å². The van der Waals surface area contributed by atoms with Gasteiger partial charge < -0.3 is 0 Å². The fraction of sp³-hybridized carbons (Fsp3) is 0.769. The molecule has 1 aromatic rings. The third-order valence-electron chi connectivity index (χ3n) is 3.41. The molecule has 0 radical (unpaired) electrons. The van der Waals surface area contributed by atoms with Gasteiger partial charge in [-0.2, -0.15) is 5.26 Å². The first-order valence-corrected chi connectivity index (χ1v) is 9.93. The highest BCUT2D eigenvalue weighted by Crippen LogP contribution is 2.30. The summed E-state index contributed by atoms with van der Waals surface area (Å²) in [6, 6.07) is 3.08. The lowest BCUT2D eigenvalue weighted by molar-refractivity contribution is 0.367. The molecule has 1 unspecified atom stereocenters. The van der Waals surface area contributed by atoms with Crippen LogP contribution in [0.3, 0.4) is 0 Å². The van der Waals surface area contributed by atoms with E-state index in [9.17, 15) is 5.26 Å². The van der Waals surface area contributed by atoms with Crippen LogP contribution in [0.2, 0.25) is 0 Å². The second-order valence-corrected chi connectivity index (χ2v) is 8.33. The molecule has 7 heteroatoms. The Balaban J connectivity index is 1.74. The second kappa shape index (κ2) is 7.64. The summed E-state index contributed by atoms with van der Waals surface area (Å²) in [6.07, 6.45) is 7.28. The van der Waals surface area contributed by atoms with Crippen LogP contribution in [0.1, 0.15) is 39.0 Å². The van der Waals surface area contributed by atoms with E-state index in [0.29, 0.717) is 6.04 Å². The highest BCUT2D eigenvalue weighted by molar-refractivity contribution is 8.02. The van der Waals surface area contributed by atoms with Crippen molar-refractivity contribution in [3.05, 3.63) is 0 Å². The molecule has 110 valence electrons. The van der Waals surface area contributed by atoms with Crippen molar-refractivity contribution in [3.8, 4) is 6.07 Å². The number of nitriles is 1. The van der Waals surface area contributed by atoms with Crippen LogP contribution in [-0.4, -0.2) is 33.8 Å². The van der Waals surface area contributed by atoms with Gasteiger partial charge >= 0.3 is 0 Å². The van der Waals surface area contributed by atoms with Gasteiger partial charge in [-0.1, -0.05) is 41.8 Å². The molecule has 0 spiro atoms. The highest BCUT2D eigenvalue weighted by atomic mass is 32.2. The van der Waals surface area contributed by atoms with Crippen LogP contribution in [0.15, 0.2) is 8.68 Å². The number of thioether (sulfide) groups is 2. The lowest BCUT2D eigenvalue weighted by atomic mass is 9.92. The highest BCUT2D eigenvalue weighted by Gasteiger charge is 2.34. The van der Waals surface area contributed by atoms with Crippen molar-refractivity contribution < 1.29 is 0 Å². The lowest BCUT2D eigenvalue weighted by Gasteiger charge is -2.26. The van der Waals surface area contributed by atoms with Crippen molar-refractivity contribution in [2.24, 2.45) is 0 Å². The van der Waals surface area contributed by atoms with Gasteiger partial charge in [0.1, 0.15) is 5.54 Å². The van der Waals surface area contributed by atoms with E-state index in [1.54, 1.807) is 34.9 Å². The maximum Gasteiger partial charge on any atom is 0.175 e. The van der Waals surface area contributed by atoms with Crippen LogP contribution in [0.5, 0.6) is 0 Å². The molecule has 1 aliphatic rings. The van der Waals surface area contributed by atoms with Crippen molar-refractivity contribution in [1.82, 2.24) is 15.5 Å². The summed E-state index contributed by atoms with van der Waals surface area (Å²) in [5.41, 5.74) is -0.326. The third-order valence-corrected chi connectivity index (χ3v) is 6.53. The lowest BCUT2D eigenvalue weighted by Crippen LogP contribution is -2.44. The summed E-state index contributed by atoms with van der Waals surface area (Å²) < 4.78 is 2.05. The van der Waals surface area contributed by atoms with Gasteiger partial charge in [0.25, 0.3) is 0 Å². The fourth-order valence-corrected chi connectivity index (χ4v) is 4.46. The Morgan fingerprint density at radius 1 is 1.45 bits per heavy atom. The molecule has 1 N–H and O–H groups in total. The van der Waals surface area contributed by atoms with Gasteiger partial charge in [0, 0.05) is 11.8 Å². The van der Waals surface area contributed by atoms with E-state index in [4.69, 9.17) is 0 Å². The van der Waals surface area contributed by atoms with E-state index in [0.717, 1.165) is 33.7 Å². The summed E-state index contributed by atoms with van der Waals surface area (Å²) in [7, 11) is 0. The summed E-state index contributed by atoms with van der Waals surface area (Å²) >= 11 is 5.03. The fourth-order valence-electron chi connectivity index (χ4n) is 2.01. The molecule has 1 heterocycles. The molecule has 0 aliphatic heterocycles. The van der Waals surface area contributed by atoms with Crippen LogP contribution >= 0.6 is 34.9 Å². The average molecular weight is 329 g/mol. The Kier molecular flexibility index (Phi) is 6.15. The van der Waals surface area contributed by atoms with E-state index in [1.165, 1.54) is 12.8 Å². The van der Waals surface area contributed by atoms with Crippen LogP contribution in [-0.2, 0) is 0 Å². The van der Waals surface area contributed by atoms with Gasteiger partial charge in [-0.15, -0.1) is 10.2 Å². The predicted octanol–water partition coefficient (Wildman–Crippen LogP) is 3.56. The monoisotopic (exact) mass is 328 g/mol. The third kappa shape index (κ3) is 4.62. The molecular weight excluding hydrogens is 308 g/mol. The van der Waals surface area contributed by atoms with E-state index in [1.807, 2.05) is 6.26 Å². The van der Waals surface area contributed by atoms with Crippen molar-refractivity contribution in [3.63, 3.8) is 0 Å². The van der Waals surface area contributed by atoms with Crippen molar-refractivity contribution in [1.29, 1.82) is 5.26 Å². The van der Waals surface area contributed by atoms with E-state index in [-0.39, 0.29) is 5.54 Å². The maximum absolute atomic E-state index is 9.46. The average Bonchev–Trinajstić information content (AvgIpc) is 3.17. The van der Waals surface area contributed by atoms with Crippen LogP contribution in [0, 0.1) is 11.3 Å². The molecule has 2 rings (SSSR count). The van der Waals surface area contributed by atoms with E-state index in [2.05, 4.69) is 28.5 Å². The van der Waals surface area contributed by atoms with E-state index >= 15 is 0 Å². The molecule has 1 saturated carbocycles. The minimum absolute atomic E-state index is 0.326. The van der Waals surface area contributed by atoms with Gasteiger partial charge in [0.2, 0.25) is 0 Å². The maximum atomic E-state index is 9.46. The quantitative estimate of drug-likeness (QED) is 0.552. The molecule has 0 bridgehead atoms. The molecule has 0 amide bonds. The first-order valence-electron chi connectivity index (χ1n) is 6.90. The summed E-state index contributed by atoms with van der Waals surface area (Å²) in [5.74, 6) is 0.999. The normalized spacial score (nSPS) is 17.6. The van der Waals surface area contributed by atoms with Crippen LogP contribution < -0.4 is 5.32 Å². The number of rotatable bonds is 9. The zero-order valence-corrected chi connectivity index (χ0v) is 14.3. The molecule has 4 nitrogen and oxygen atoms in total. The van der Waals surface area contributed by atoms with Crippen molar-refractivity contribution in [2.45, 2.75) is 59.3 Å². The smallest absolute Gasteiger partial charge is 0.175 e. The zero-order valence-electron chi connectivity index (χ0n) is 11.9. The summed E-state index contributed by atoms with van der Waals surface area (Å²) in [4.78, 5) is 0. The van der Waals surface area contributed by atoms with Gasteiger partial charge in [0.05, 0.1) is 6.07 Å². The molecule has 1 fully saturated rings. The minimum atomic E-state index is -0.326. The summed E-state index contributed by atoms with van der Waals surface area (Å²) in [5, 5.41) is 21.2. The number of nitrogens with one attached hydrogen (secondary N) is 1. The summed E-state index contributed by atoms with van der Waals surface area (Å²) in [6.45, 7) is 2.10. The number of nitrogens with zero attached hydrogens (tertiary/aromatic N) is 3. The van der Waals surface area contributed by atoms with Crippen molar-refractivity contribution >= 4 is 34.9 Å². The molecule has 0 saturated heterocycles. The number of hydrogen-bond acceptors (Lipinski definition) is 7. The molecular formula is C13H20N4S3. The topological polar surface area (TPSA) is 61.6 Å². The molecule has 1 atom stereocenters. The minimum Gasteiger partial charge on any atom is -0.297 e. The van der Waals surface area contributed by atoms with E-state index < -0.39 is 0 Å². The Hall–Kier alpha value is -0.290. The van der Waals surface area contributed by atoms with Gasteiger partial charge in [0.15, 0.2) is 8.68 Å². The SMILES string of the molecule is CCC(C#N)(CCCSc1nnc(SC)s1)NC1CC1.